The summed E-state index contributed by atoms with van der Waals surface area (Å²) in [5.74, 6) is -0.324. The molecule has 0 aromatic carbocycles. The molecule has 3 N–H and O–H groups in total. The van der Waals surface area contributed by atoms with Crippen molar-refractivity contribution in [2.75, 3.05) is 20.6 Å². The first-order valence-corrected chi connectivity index (χ1v) is 4.61. The molecule has 0 rings (SSSR count). The Hall–Kier alpha value is -1.10. The lowest BCUT2D eigenvalue weighted by molar-refractivity contribution is -0.136. The summed E-state index contributed by atoms with van der Waals surface area (Å²) in [6.45, 7) is 3.79. The quantitative estimate of drug-likeness (QED) is 0.623. The largest absolute Gasteiger partial charge is 0.358 e. The van der Waals surface area contributed by atoms with Crippen molar-refractivity contribution in [3.8, 4) is 0 Å². The smallest absolute Gasteiger partial charge is 0.239 e. The molecule has 0 saturated carbocycles. The molecule has 5 heteroatoms. The number of carbonyl (C=O) groups is 2. The van der Waals surface area contributed by atoms with Gasteiger partial charge in [-0.05, 0) is 5.92 Å². The minimum Gasteiger partial charge on any atom is -0.358 e. The number of nitrogens with one attached hydrogen (secondary N) is 1. The Morgan fingerprint density at radius 3 is 2.29 bits per heavy atom. The third-order valence-corrected chi connectivity index (χ3v) is 2.04. The van der Waals surface area contributed by atoms with Crippen LogP contribution in [-0.2, 0) is 9.59 Å². The van der Waals surface area contributed by atoms with Crippen molar-refractivity contribution in [2.24, 2.45) is 11.7 Å². The highest BCUT2D eigenvalue weighted by Crippen LogP contribution is 2.01. The molecule has 0 aliphatic rings. The molecule has 0 aromatic heterocycles. The van der Waals surface area contributed by atoms with E-state index in [1.807, 2.05) is 13.8 Å². The molecule has 5 nitrogen and oxygen atoms in total. The summed E-state index contributed by atoms with van der Waals surface area (Å²) in [5.41, 5.74) is 5.66. The van der Waals surface area contributed by atoms with Gasteiger partial charge in [0.15, 0.2) is 0 Å². The fourth-order valence-corrected chi connectivity index (χ4v) is 0.912. The molecule has 0 saturated heterocycles. The van der Waals surface area contributed by atoms with E-state index in [-0.39, 0.29) is 24.3 Å². The van der Waals surface area contributed by atoms with Crippen LogP contribution in [0.15, 0.2) is 0 Å². The number of nitrogens with zero attached hydrogens (tertiary/aromatic N) is 1. The number of likely N-dealkylation sites (N-methyl/N-ethyl adjacent to an activating group) is 2. The molecule has 1 atom stereocenters. The first-order chi connectivity index (χ1) is 6.40. The van der Waals surface area contributed by atoms with Gasteiger partial charge in [-0.3, -0.25) is 9.59 Å². The van der Waals surface area contributed by atoms with Crippen LogP contribution in [0.4, 0.5) is 0 Å². The summed E-state index contributed by atoms with van der Waals surface area (Å²) in [4.78, 5) is 23.9. The van der Waals surface area contributed by atoms with Crippen molar-refractivity contribution >= 4 is 11.8 Å². The summed E-state index contributed by atoms with van der Waals surface area (Å²) in [5, 5.41) is 2.45. The summed E-state index contributed by atoms with van der Waals surface area (Å²) in [7, 11) is 3.10. The van der Waals surface area contributed by atoms with Crippen LogP contribution in [0.2, 0.25) is 0 Å². The fraction of sp³-hybridized carbons (Fsp3) is 0.778. The average molecular weight is 201 g/mol. The molecule has 0 aliphatic carbocycles. The van der Waals surface area contributed by atoms with E-state index in [2.05, 4.69) is 5.32 Å². The van der Waals surface area contributed by atoms with E-state index >= 15 is 0 Å². The number of rotatable bonds is 4. The van der Waals surface area contributed by atoms with Crippen molar-refractivity contribution in [1.82, 2.24) is 10.2 Å². The molecule has 0 radical (unpaired) electrons. The van der Waals surface area contributed by atoms with Crippen molar-refractivity contribution in [1.29, 1.82) is 0 Å². The minimum atomic E-state index is -0.537. The Bertz CT molecular complexity index is 216. The van der Waals surface area contributed by atoms with Gasteiger partial charge in [0.1, 0.15) is 0 Å². The van der Waals surface area contributed by atoms with Crippen molar-refractivity contribution in [3.63, 3.8) is 0 Å². The molecule has 0 spiro atoms. The molecule has 1 unspecified atom stereocenters. The zero-order valence-corrected chi connectivity index (χ0v) is 9.20. The lowest BCUT2D eigenvalue weighted by Gasteiger charge is -2.22. The van der Waals surface area contributed by atoms with E-state index in [1.165, 1.54) is 11.9 Å². The van der Waals surface area contributed by atoms with Crippen molar-refractivity contribution in [2.45, 2.75) is 19.9 Å². The lowest BCUT2D eigenvalue weighted by Crippen LogP contribution is -2.47. The van der Waals surface area contributed by atoms with Crippen molar-refractivity contribution < 1.29 is 9.59 Å². The number of hydrogen-bond donors (Lipinski definition) is 2. The lowest BCUT2D eigenvalue weighted by atomic mass is 10.0. The second kappa shape index (κ2) is 5.59. The van der Waals surface area contributed by atoms with Crippen LogP contribution in [0.25, 0.3) is 0 Å². The molecule has 0 fully saturated rings. The van der Waals surface area contributed by atoms with Gasteiger partial charge < -0.3 is 16.0 Å². The SMILES string of the molecule is CNC(=O)CN(C)C(=O)C(N)C(C)C. The van der Waals surface area contributed by atoms with Gasteiger partial charge in [-0.25, -0.2) is 0 Å². The average Bonchev–Trinajstić information content (AvgIpc) is 2.14. The molecule has 14 heavy (non-hydrogen) atoms. The van der Waals surface area contributed by atoms with E-state index in [4.69, 9.17) is 5.73 Å². The van der Waals surface area contributed by atoms with Crippen LogP contribution in [0.1, 0.15) is 13.8 Å². The molecular formula is C9H19N3O2. The Morgan fingerprint density at radius 1 is 1.43 bits per heavy atom. The number of amides is 2. The van der Waals surface area contributed by atoms with Gasteiger partial charge in [0.25, 0.3) is 0 Å². The van der Waals surface area contributed by atoms with Crippen LogP contribution < -0.4 is 11.1 Å². The van der Waals surface area contributed by atoms with Crippen LogP contribution in [0.5, 0.6) is 0 Å². The minimum absolute atomic E-state index is 0.0513. The molecule has 0 heterocycles. The third kappa shape index (κ3) is 3.74. The zero-order chi connectivity index (χ0) is 11.3. The van der Waals surface area contributed by atoms with Crippen LogP contribution in [0, 0.1) is 5.92 Å². The van der Waals surface area contributed by atoms with Gasteiger partial charge in [-0.1, -0.05) is 13.8 Å². The maximum atomic E-state index is 11.6. The first-order valence-electron chi connectivity index (χ1n) is 4.61. The highest BCUT2D eigenvalue weighted by Gasteiger charge is 2.21. The second-order valence-electron chi connectivity index (χ2n) is 3.64. The van der Waals surface area contributed by atoms with Gasteiger partial charge in [0.2, 0.25) is 11.8 Å². The molecule has 2 amide bonds. The van der Waals surface area contributed by atoms with Crippen LogP contribution in [-0.4, -0.2) is 43.4 Å². The molecule has 0 aromatic rings. The van der Waals surface area contributed by atoms with Gasteiger partial charge in [0, 0.05) is 14.1 Å². The first kappa shape index (κ1) is 12.9. The standard InChI is InChI=1S/C9H19N3O2/c1-6(2)8(10)9(14)12(4)5-7(13)11-3/h6,8H,5,10H2,1-4H3,(H,11,13). The zero-order valence-electron chi connectivity index (χ0n) is 9.20. The van der Waals surface area contributed by atoms with Gasteiger partial charge in [-0.2, -0.15) is 0 Å². The monoisotopic (exact) mass is 201 g/mol. The fourth-order valence-electron chi connectivity index (χ4n) is 0.912. The summed E-state index contributed by atoms with van der Waals surface area (Å²) in [6.07, 6.45) is 0. The maximum Gasteiger partial charge on any atom is 0.239 e. The summed E-state index contributed by atoms with van der Waals surface area (Å²) < 4.78 is 0. The van der Waals surface area contributed by atoms with Gasteiger partial charge in [-0.15, -0.1) is 0 Å². The summed E-state index contributed by atoms with van der Waals surface area (Å²) in [6, 6.07) is -0.537. The normalized spacial score (nSPS) is 12.4. The predicted octanol–water partition coefficient (Wildman–Crippen LogP) is -0.826. The molecule has 82 valence electrons. The highest BCUT2D eigenvalue weighted by molar-refractivity contribution is 5.87. The molecule has 0 aliphatic heterocycles. The van der Waals surface area contributed by atoms with Crippen LogP contribution >= 0.6 is 0 Å². The van der Waals surface area contributed by atoms with E-state index in [0.717, 1.165) is 0 Å². The Labute approximate surface area is 84.6 Å². The van der Waals surface area contributed by atoms with E-state index < -0.39 is 6.04 Å². The molecular weight excluding hydrogens is 182 g/mol. The maximum absolute atomic E-state index is 11.6. The van der Waals surface area contributed by atoms with E-state index in [1.54, 1.807) is 7.05 Å². The third-order valence-electron chi connectivity index (χ3n) is 2.04. The number of carbonyl (C=O) groups excluding carboxylic acids is 2. The Balaban J connectivity index is 4.18. The number of hydrogen-bond acceptors (Lipinski definition) is 3. The molecule has 0 bridgehead atoms. The predicted molar refractivity (Wildman–Crippen MR) is 54.5 cm³/mol. The van der Waals surface area contributed by atoms with E-state index in [0.29, 0.717) is 0 Å². The van der Waals surface area contributed by atoms with Crippen molar-refractivity contribution in [3.05, 3.63) is 0 Å². The van der Waals surface area contributed by atoms with Crippen LogP contribution in [0.3, 0.4) is 0 Å². The van der Waals surface area contributed by atoms with Gasteiger partial charge in [0.05, 0.1) is 12.6 Å². The Kier molecular flexibility index (Phi) is 5.15. The number of nitrogens with two attached hydrogens (primary N) is 1. The topological polar surface area (TPSA) is 75.4 Å². The second-order valence-corrected chi connectivity index (χ2v) is 3.64. The van der Waals surface area contributed by atoms with Gasteiger partial charge >= 0.3 is 0 Å². The summed E-state index contributed by atoms with van der Waals surface area (Å²) >= 11 is 0. The van der Waals surface area contributed by atoms with E-state index in [9.17, 15) is 9.59 Å². The Morgan fingerprint density at radius 2 is 1.93 bits per heavy atom. The highest BCUT2D eigenvalue weighted by atomic mass is 16.2.